The van der Waals surface area contributed by atoms with Crippen molar-refractivity contribution in [2.75, 3.05) is 0 Å². The average molecular weight is 146 g/mol. The average Bonchev–Trinajstić information content (AvgIpc) is 1.88. The van der Waals surface area contributed by atoms with E-state index in [-0.39, 0.29) is 30.3 Å². The van der Waals surface area contributed by atoms with Gasteiger partial charge in [-0.1, -0.05) is 0 Å². The van der Waals surface area contributed by atoms with E-state index < -0.39 is 4.92 Å². The van der Waals surface area contributed by atoms with Crippen LogP contribution in [0.5, 0.6) is 5.75 Å². The number of phenolic OH excluding ortho intramolecular Hbond substituents is 1. The van der Waals surface area contributed by atoms with Crippen LogP contribution in [0.25, 0.3) is 0 Å². The molecular formula is C6H5LiNO3. The molecule has 0 aliphatic carbocycles. The Kier molecular flexibility index (Phi) is 3.66. The normalized spacial score (nSPS) is 8.36. The summed E-state index contributed by atoms with van der Waals surface area (Å²) in [5.74, 6) is 0.0330. The smallest absolute Gasteiger partial charge is 0.269 e. The van der Waals surface area contributed by atoms with Crippen LogP contribution in [0.15, 0.2) is 24.3 Å². The van der Waals surface area contributed by atoms with E-state index in [0.717, 1.165) is 0 Å². The minimum atomic E-state index is -0.514. The first-order chi connectivity index (χ1) is 4.70. The Morgan fingerprint density at radius 3 is 2.09 bits per heavy atom. The Labute approximate surface area is 75.2 Å². The number of nitrogens with zero attached hydrogens (tertiary/aromatic N) is 1. The molecule has 0 aromatic heterocycles. The molecule has 0 spiro atoms. The van der Waals surface area contributed by atoms with E-state index in [1.807, 2.05) is 0 Å². The van der Waals surface area contributed by atoms with Crippen LogP contribution in [0.4, 0.5) is 5.69 Å². The van der Waals surface area contributed by atoms with Crippen LogP contribution >= 0.6 is 0 Å². The molecule has 0 saturated carbocycles. The molecule has 0 aliphatic heterocycles. The second kappa shape index (κ2) is 4.01. The number of rotatable bonds is 1. The molecular weight excluding hydrogens is 141 g/mol. The zero-order chi connectivity index (χ0) is 7.56. The molecule has 11 heavy (non-hydrogen) atoms. The fourth-order valence-electron chi connectivity index (χ4n) is 0.574. The fraction of sp³-hybridized carbons (Fsp3) is 0. The minimum Gasteiger partial charge on any atom is -0.508 e. The summed E-state index contributed by atoms with van der Waals surface area (Å²) in [6, 6.07) is 5.04. The SMILES string of the molecule is O=[N+]([O-])c1ccc(O)cc1.[Li]. The Balaban J connectivity index is 0.000001000. The third-order valence-corrected chi connectivity index (χ3v) is 1.06. The quantitative estimate of drug-likeness (QED) is 0.364. The van der Waals surface area contributed by atoms with Crippen LogP contribution in [-0.4, -0.2) is 28.9 Å². The van der Waals surface area contributed by atoms with E-state index in [1.54, 1.807) is 0 Å². The van der Waals surface area contributed by atoms with E-state index in [0.29, 0.717) is 0 Å². The number of hydrogen-bond donors (Lipinski definition) is 1. The van der Waals surface area contributed by atoms with Crippen molar-refractivity contribution in [2.24, 2.45) is 0 Å². The summed E-state index contributed by atoms with van der Waals surface area (Å²) in [7, 11) is 0. The maximum atomic E-state index is 10.0. The summed E-state index contributed by atoms with van der Waals surface area (Å²) in [6.07, 6.45) is 0. The molecule has 0 fully saturated rings. The summed E-state index contributed by atoms with van der Waals surface area (Å²) in [5.41, 5.74) is -0.0159. The van der Waals surface area contributed by atoms with Gasteiger partial charge in [0.05, 0.1) is 4.92 Å². The van der Waals surface area contributed by atoms with Crippen LogP contribution < -0.4 is 0 Å². The van der Waals surface area contributed by atoms with Gasteiger partial charge in [0.2, 0.25) is 0 Å². The van der Waals surface area contributed by atoms with Gasteiger partial charge in [-0.2, -0.15) is 0 Å². The van der Waals surface area contributed by atoms with Crippen LogP contribution in [0.1, 0.15) is 0 Å². The van der Waals surface area contributed by atoms with Crippen molar-refractivity contribution in [3.63, 3.8) is 0 Å². The predicted octanol–water partition coefficient (Wildman–Crippen LogP) is 0.920. The van der Waals surface area contributed by atoms with Gasteiger partial charge in [-0.25, -0.2) is 0 Å². The second-order valence-electron chi connectivity index (χ2n) is 1.77. The number of aromatic hydroxyl groups is 1. The summed E-state index contributed by atoms with van der Waals surface area (Å²) in [6.45, 7) is 0. The third kappa shape index (κ3) is 2.62. The first-order valence-corrected chi connectivity index (χ1v) is 2.63. The zero-order valence-corrected chi connectivity index (χ0v) is 6.02. The molecule has 5 heteroatoms. The number of non-ortho nitro benzene ring substituents is 1. The molecule has 0 heterocycles. The van der Waals surface area contributed by atoms with E-state index in [2.05, 4.69) is 0 Å². The van der Waals surface area contributed by atoms with Gasteiger partial charge < -0.3 is 5.11 Å². The van der Waals surface area contributed by atoms with E-state index in [1.165, 1.54) is 24.3 Å². The molecule has 0 saturated heterocycles. The van der Waals surface area contributed by atoms with Gasteiger partial charge in [0.1, 0.15) is 5.75 Å². The Hall–Kier alpha value is -0.983. The molecule has 0 amide bonds. The van der Waals surface area contributed by atoms with E-state index in [9.17, 15) is 10.1 Å². The standard InChI is InChI=1S/C6H5NO3.Li/c8-6-3-1-5(2-4-6)7(9)10;/h1-4,8H;. The monoisotopic (exact) mass is 146 g/mol. The van der Waals surface area contributed by atoms with Crippen molar-refractivity contribution in [3.05, 3.63) is 34.4 Å². The maximum absolute atomic E-state index is 10.0. The Morgan fingerprint density at radius 2 is 1.73 bits per heavy atom. The minimum absolute atomic E-state index is 0. The Bertz CT molecular complexity index is 247. The van der Waals surface area contributed by atoms with Crippen LogP contribution in [0.2, 0.25) is 0 Å². The zero-order valence-electron chi connectivity index (χ0n) is 6.02. The molecule has 1 radical (unpaired) electrons. The molecule has 0 unspecified atom stereocenters. The van der Waals surface area contributed by atoms with Gasteiger partial charge in [-0.3, -0.25) is 10.1 Å². The molecule has 0 atom stereocenters. The summed E-state index contributed by atoms with van der Waals surface area (Å²) in [5, 5.41) is 18.8. The van der Waals surface area contributed by atoms with E-state index >= 15 is 0 Å². The molecule has 1 N–H and O–H groups in total. The summed E-state index contributed by atoms with van der Waals surface area (Å²) < 4.78 is 0. The largest absolute Gasteiger partial charge is 0.508 e. The predicted molar refractivity (Wildman–Crippen MR) is 40.5 cm³/mol. The van der Waals surface area contributed by atoms with Crippen LogP contribution in [0.3, 0.4) is 0 Å². The number of nitro groups is 1. The van der Waals surface area contributed by atoms with Gasteiger partial charge in [0.25, 0.3) is 5.69 Å². The molecule has 1 rings (SSSR count). The molecule has 1 aromatic carbocycles. The number of benzene rings is 1. The molecule has 4 nitrogen and oxygen atoms in total. The van der Waals surface area contributed by atoms with Crippen molar-refractivity contribution >= 4 is 24.5 Å². The van der Waals surface area contributed by atoms with Crippen molar-refractivity contribution in [3.8, 4) is 5.75 Å². The Morgan fingerprint density at radius 1 is 1.27 bits per heavy atom. The fourth-order valence-corrected chi connectivity index (χ4v) is 0.574. The molecule has 0 bridgehead atoms. The van der Waals surface area contributed by atoms with Crippen molar-refractivity contribution in [2.45, 2.75) is 0 Å². The number of phenols is 1. The molecule has 53 valence electrons. The number of hydrogen-bond acceptors (Lipinski definition) is 3. The van der Waals surface area contributed by atoms with Gasteiger partial charge >= 0.3 is 0 Å². The van der Waals surface area contributed by atoms with Crippen LogP contribution in [-0.2, 0) is 0 Å². The summed E-state index contributed by atoms with van der Waals surface area (Å²) in [4.78, 5) is 9.52. The van der Waals surface area contributed by atoms with Crippen molar-refractivity contribution in [1.82, 2.24) is 0 Å². The summed E-state index contributed by atoms with van der Waals surface area (Å²) >= 11 is 0. The molecule has 0 aliphatic rings. The van der Waals surface area contributed by atoms with E-state index in [4.69, 9.17) is 5.11 Å². The topological polar surface area (TPSA) is 63.4 Å². The van der Waals surface area contributed by atoms with Gasteiger partial charge in [0, 0.05) is 31.0 Å². The van der Waals surface area contributed by atoms with Gasteiger partial charge in [-0.15, -0.1) is 0 Å². The van der Waals surface area contributed by atoms with Crippen molar-refractivity contribution < 1.29 is 10.0 Å². The number of nitro benzene ring substituents is 1. The third-order valence-electron chi connectivity index (χ3n) is 1.06. The van der Waals surface area contributed by atoms with Crippen molar-refractivity contribution in [1.29, 1.82) is 0 Å². The van der Waals surface area contributed by atoms with Crippen LogP contribution in [0, 0.1) is 10.1 Å². The second-order valence-corrected chi connectivity index (χ2v) is 1.77. The first kappa shape index (κ1) is 10.0. The maximum Gasteiger partial charge on any atom is 0.269 e. The first-order valence-electron chi connectivity index (χ1n) is 2.63. The molecule has 1 aromatic rings. The van der Waals surface area contributed by atoms with Gasteiger partial charge in [-0.05, 0) is 12.1 Å². The van der Waals surface area contributed by atoms with Gasteiger partial charge in [0.15, 0.2) is 0 Å².